The van der Waals surface area contributed by atoms with Crippen LogP contribution in [0.15, 0.2) is 78.9 Å². The maximum absolute atomic E-state index is 13.1. The van der Waals surface area contributed by atoms with E-state index in [1.165, 1.54) is 0 Å². The van der Waals surface area contributed by atoms with Crippen molar-refractivity contribution in [2.45, 2.75) is 18.9 Å². The van der Waals surface area contributed by atoms with E-state index in [1.807, 2.05) is 66.7 Å². The first kappa shape index (κ1) is 21.3. The van der Waals surface area contributed by atoms with E-state index in [2.05, 4.69) is 22.8 Å². The average Bonchev–Trinajstić information content (AvgIpc) is 2.82. The van der Waals surface area contributed by atoms with Gasteiger partial charge in [0.1, 0.15) is 6.04 Å². The number of nitrogens with one attached hydrogen (secondary N) is 2. The molecule has 1 saturated heterocycles. The van der Waals surface area contributed by atoms with Crippen LogP contribution in [-0.2, 0) is 17.6 Å². The van der Waals surface area contributed by atoms with Crippen molar-refractivity contribution >= 4 is 5.91 Å². The smallest absolute Gasteiger partial charge is 0.230 e. The second-order valence-electron chi connectivity index (χ2n) is 8.29. The minimum atomic E-state index is -0.587. The molecule has 0 aliphatic carbocycles. The van der Waals surface area contributed by atoms with E-state index in [-0.39, 0.29) is 5.91 Å². The number of benzene rings is 3. The van der Waals surface area contributed by atoms with Crippen molar-refractivity contribution in [3.05, 3.63) is 95.6 Å². The molecule has 1 aliphatic heterocycles. The van der Waals surface area contributed by atoms with Gasteiger partial charge in [0, 0.05) is 19.5 Å². The van der Waals surface area contributed by atoms with Crippen LogP contribution in [0.2, 0.25) is 0 Å². The lowest BCUT2D eigenvalue weighted by molar-refractivity contribution is -0.134. The monoisotopic (exact) mass is 420 g/mol. The summed E-state index contributed by atoms with van der Waals surface area (Å²) in [5, 5.41) is 24.8. The minimum Gasteiger partial charge on any atom is -0.339 e. The van der Waals surface area contributed by atoms with E-state index in [4.69, 9.17) is 5.26 Å². The molecule has 0 bridgehead atoms. The predicted molar refractivity (Wildman–Crippen MR) is 123 cm³/mol. The quantitative estimate of drug-likeness (QED) is 0.611. The highest BCUT2D eigenvalue weighted by atomic mass is 16.2. The molecule has 0 saturated carbocycles. The zero-order chi connectivity index (χ0) is 22.4. The first-order valence-electron chi connectivity index (χ1n) is 10.7. The zero-order valence-electron chi connectivity index (χ0n) is 17.7. The number of nitriles is 2. The first-order valence-corrected chi connectivity index (χ1v) is 10.7. The Labute approximate surface area is 188 Å². The van der Waals surface area contributed by atoms with Gasteiger partial charge >= 0.3 is 0 Å². The fourth-order valence-corrected chi connectivity index (χ4v) is 4.03. The number of nitrogens with zero attached hydrogens (tertiary/aromatic N) is 2. The van der Waals surface area contributed by atoms with Gasteiger partial charge in [0.05, 0.1) is 23.1 Å². The molecule has 2 N–H and O–H groups in total. The first-order chi connectivity index (χ1) is 15.6. The Hall–Kier alpha value is -3.93. The molecule has 1 atom stereocenters. The molecule has 0 aromatic heterocycles. The number of amides is 1. The number of carbonyl (C=O) groups excluding carboxylic acids is 1. The van der Waals surface area contributed by atoms with Crippen LogP contribution < -0.4 is 10.6 Å². The topological polar surface area (TPSA) is 88.7 Å². The van der Waals surface area contributed by atoms with E-state index in [9.17, 15) is 10.1 Å². The van der Waals surface area contributed by atoms with Gasteiger partial charge in [-0.25, -0.2) is 0 Å². The van der Waals surface area contributed by atoms with Crippen LogP contribution in [0.1, 0.15) is 16.7 Å². The summed E-state index contributed by atoms with van der Waals surface area (Å²) in [5.74, 6) is -0.0687. The van der Waals surface area contributed by atoms with Crippen LogP contribution in [0, 0.1) is 28.1 Å². The van der Waals surface area contributed by atoms with Crippen molar-refractivity contribution in [3.8, 4) is 23.3 Å². The van der Waals surface area contributed by atoms with Crippen molar-refractivity contribution in [2.24, 2.45) is 5.41 Å². The van der Waals surface area contributed by atoms with Crippen molar-refractivity contribution in [1.29, 1.82) is 10.5 Å². The summed E-state index contributed by atoms with van der Waals surface area (Å²) >= 11 is 0. The maximum Gasteiger partial charge on any atom is 0.230 e. The molecule has 1 aliphatic rings. The molecule has 0 spiro atoms. The summed E-state index contributed by atoms with van der Waals surface area (Å²) in [7, 11) is 0. The van der Waals surface area contributed by atoms with Crippen LogP contribution in [0.25, 0.3) is 11.1 Å². The van der Waals surface area contributed by atoms with Gasteiger partial charge in [0.25, 0.3) is 0 Å². The SMILES string of the molecule is N#Cc1ccc(-c2ccc(C[C@@H](C#N)NC(=O)C3(Cc4ccccc4)CNC3)cc2)cc1. The highest BCUT2D eigenvalue weighted by Crippen LogP contribution is 2.28. The van der Waals surface area contributed by atoms with Crippen LogP contribution in [0.5, 0.6) is 0 Å². The Morgan fingerprint density at radius 2 is 1.53 bits per heavy atom. The van der Waals surface area contributed by atoms with E-state index in [0.29, 0.717) is 31.5 Å². The Morgan fingerprint density at radius 1 is 0.906 bits per heavy atom. The summed E-state index contributed by atoms with van der Waals surface area (Å²) in [6.07, 6.45) is 1.11. The minimum absolute atomic E-state index is 0.0687. The molecule has 5 nitrogen and oxygen atoms in total. The highest BCUT2D eigenvalue weighted by molar-refractivity contribution is 5.85. The van der Waals surface area contributed by atoms with Crippen LogP contribution in [0.4, 0.5) is 0 Å². The third kappa shape index (κ3) is 4.70. The van der Waals surface area contributed by atoms with Crippen molar-refractivity contribution in [3.63, 3.8) is 0 Å². The Kier molecular flexibility index (Phi) is 6.31. The molecule has 5 heteroatoms. The van der Waals surface area contributed by atoms with Gasteiger partial charge in [-0.2, -0.15) is 10.5 Å². The molecular formula is C27H24N4O. The Bertz CT molecular complexity index is 1150. The highest BCUT2D eigenvalue weighted by Gasteiger charge is 2.44. The lowest BCUT2D eigenvalue weighted by Crippen LogP contribution is -2.63. The number of hydrogen-bond acceptors (Lipinski definition) is 4. The molecule has 3 aromatic carbocycles. The van der Waals surface area contributed by atoms with E-state index in [0.717, 1.165) is 22.3 Å². The number of rotatable bonds is 7. The molecule has 0 radical (unpaired) electrons. The summed E-state index contributed by atoms with van der Waals surface area (Å²) in [6, 6.07) is 29.2. The molecule has 0 unspecified atom stereocenters. The fourth-order valence-electron chi connectivity index (χ4n) is 4.03. The summed E-state index contributed by atoms with van der Waals surface area (Å²) < 4.78 is 0. The van der Waals surface area contributed by atoms with Crippen LogP contribution in [0.3, 0.4) is 0 Å². The van der Waals surface area contributed by atoms with Crippen molar-refractivity contribution in [1.82, 2.24) is 10.6 Å². The molecular weight excluding hydrogens is 396 g/mol. The summed E-state index contributed by atoms with van der Waals surface area (Å²) in [5.41, 5.74) is 4.30. The van der Waals surface area contributed by atoms with Gasteiger partial charge in [0.2, 0.25) is 5.91 Å². The van der Waals surface area contributed by atoms with Crippen molar-refractivity contribution < 1.29 is 4.79 Å². The van der Waals surface area contributed by atoms with Crippen LogP contribution in [-0.4, -0.2) is 25.0 Å². The summed E-state index contributed by atoms with van der Waals surface area (Å²) in [6.45, 7) is 1.23. The molecule has 3 aromatic rings. The lowest BCUT2D eigenvalue weighted by atomic mass is 9.75. The fraction of sp³-hybridized carbons (Fsp3) is 0.222. The van der Waals surface area contributed by atoms with E-state index >= 15 is 0 Å². The lowest BCUT2D eigenvalue weighted by Gasteiger charge is -2.41. The standard InChI is InChI=1S/C27H24N4O/c28-16-22-8-12-24(13-9-22)23-10-6-20(7-11-23)14-25(17-29)31-26(32)27(18-30-19-27)15-21-4-2-1-3-5-21/h1-13,25,30H,14-15,18-19H2,(H,31,32)/t25-/m0/s1. The van der Waals surface area contributed by atoms with Gasteiger partial charge in [-0.05, 0) is 40.8 Å². The van der Waals surface area contributed by atoms with Crippen molar-refractivity contribution in [2.75, 3.05) is 13.1 Å². The maximum atomic E-state index is 13.1. The van der Waals surface area contributed by atoms with Gasteiger partial charge in [-0.3, -0.25) is 4.79 Å². The molecule has 1 heterocycles. The molecule has 1 fully saturated rings. The molecule has 158 valence electrons. The van der Waals surface area contributed by atoms with E-state index in [1.54, 1.807) is 12.1 Å². The van der Waals surface area contributed by atoms with Gasteiger partial charge in [-0.15, -0.1) is 0 Å². The number of carbonyl (C=O) groups is 1. The second-order valence-corrected chi connectivity index (χ2v) is 8.29. The zero-order valence-corrected chi connectivity index (χ0v) is 17.7. The normalized spacial score (nSPS) is 14.9. The third-order valence-electron chi connectivity index (χ3n) is 6.00. The Balaban J connectivity index is 1.40. The molecule has 32 heavy (non-hydrogen) atoms. The largest absolute Gasteiger partial charge is 0.339 e. The Morgan fingerprint density at radius 3 is 2.06 bits per heavy atom. The van der Waals surface area contributed by atoms with Gasteiger partial charge in [0.15, 0.2) is 0 Å². The third-order valence-corrected chi connectivity index (χ3v) is 6.00. The van der Waals surface area contributed by atoms with Crippen LogP contribution >= 0.6 is 0 Å². The average molecular weight is 421 g/mol. The number of hydrogen-bond donors (Lipinski definition) is 2. The summed E-state index contributed by atoms with van der Waals surface area (Å²) in [4.78, 5) is 13.1. The van der Waals surface area contributed by atoms with E-state index < -0.39 is 11.5 Å². The molecule has 1 amide bonds. The van der Waals surface area contributed by atoms with Gasteiger partial charge in [-0.1, -0.05) is 66.7 Å². The molecule has 4 rings (SSSR count). The predicted octanol–water partition coefficient (Wildman–Crippen LogP) is 3.61. The second kappa shape index (κ2) is 9.47. The van der Waals surface area contributed by atoms with Gasteiger partial charge < -0.3 is 10.6 Å².